The molecule has 3 amide bonds. The van der Waals surface area contributed by atoms with Crippen LogP contribution in [0, 0.1) is 13.8 Å². The highest BCUT2D eigenvalue weighted by Crippen LogP contribution is 2.20. The SMILES string of the molecule is Cc1ccc(NC(=O)NC(=O)C(C)N2CCc3ccccc3C2)c(C)c1. The van der Waals surface area contributed by atoms with Crippen LogP contribution in [0.4, 0.5) is 10.5 Å². The summed E-state index contributed by atoms with van der Waals surface area (Å²) in [4.78, 5) is 26.8. The summed E-state index contributed by atoms with van der Waals surface area (Å²) in [6.07, 6.45) is 0.919. The number of hydrogen-bond donors (Lipinski definition) is 2. The molecule has 0 aromatic heterocycles. The van der Waals surface area contributed by atoms with E-state index < -0.39 is 6.03 Å². The van der Waals surface area contributed by atoms with Gasteiger partial charge in [-0.25, -0.2) is 4.79 Å². The minimum atomic E-state index is -0.494. The van der Waals surface area contributed by atoms with E-state index >= 15 is 0 Å². The minimum absolute atomic E-state index is 0.286. The molecular weight excluding hydrogens is 326 g/mol. The molecule has 0 aliphatic carbocycles. The zero-order chi connectivity index (χ0) is 18.7. The number of anilines is 1. The maximum atomic E-state index is 12.5. The Hall–Kier alpha value is -2.66. The Balaban J connectivity index is 1.58. The van der Waals surface area contributed by atoms with Crippen molar-refractivity contribution in [1.29, 1.82) is 0 Å². The molecule has 2 aromatic rings. The third kappa shape index (κ3) is 4.11. The Labute approximate surface area is 154 Å². The number of urea groups is 1. The zero-order valence-electron chi connectivity index (χ0n) is 15.5. The summed E-state index contributed by atoms with van der Waals surface area (Å²) in [5, 5.41) is 5.21. The van der Waals surface area contributed by atoms with E-state index in [0.717, 1.165) is 30.6 Å². The van der Waals surface area contributed by atoms with Crippen molar-refractivity contribution in [1.82, 2.24) is 10.2 Å². The normalized spacial score (nSPS) is 15.0. The van der Waals surface area contributed by atoms with E-state index in [1.807, 2.05) is 51.1 Å². The first-order valence-corrected chi connectivity index (χ1v) is 8.94. The van der Waals surface area contributed by atoms with Crippen LogP contribution in [-0.2, 0) is 17.8 Å². The molecular formula is C21H25N3O2. The average Bonchev–Trinajstić information content (AvgIpc) is 2.63. The summed E-state index contributed by atoms with van der Waals surface area (Å²) < 4.78 is 0. The van der Waals surface area contributed by atoms with Crippen LogP contribution in [0.5, 0.6) is 0 Å². The summed E-state index contributed by atoms with van der Waals surface area (Å²) in [6, 6.07) is 13.2. The fourth-order valence-electron chi connectivity index (χ4n) is 3.34. The van der Waals surface area contributed by atoms with Crippen molar-refractivity contribution in [3.8, 4) is 0 Å². The molecule has 3 rings (SSSR count). The standard InChI is InChI=1S/C21H25N3O2/c1-14-8-9-19(15(2)12-14)22-21(26)23-20(25)16(3)24-11-10-17-6-4-5-7-18(17)13-24/h4-9,12,16H,10-11,13H2,1-3H3,(H2,22,23,25,26). The van der Waals surface area contributed by atoms with Crippen molar-refractivity contribution in [3.63, 3.8) is 0 Å². The Kier molecular flexibility index (Phi) is 5.38. The number of amides is 3. The number of fused-ring (bicyclic) bond motifs is 1. The maximum Gasteiger partial charge on any atom is 0.325 e. The van der Waals surface area contributed by atoms with E-state index in [0.29, 0.717) is 5.69 Å². The average molecular weight is 351 g/mol. The lowest BCUT2D eigenvalue weighted by Crippen LogP contribution is -2.49. The molecule has 26 heavy (non-hydrogen) atoms. The molecule has 1 aliphatic heterocycles. The summed E-state index contributed by atoms with van der Waals surface area (Å²) >= 11 is 0. The summed E-state index contributed by atoms with van der Waals surface area (Å²) in [6.45, 7) is 7.30. The Morgan fingerprint density at radius 3 is 2.54 bits per heavy atom. The van der Waals surface area contributed by atoms with Gasteiger partial charge in [0.05, 0.1) is 6.04 Å². The number of nitrogens with zero attached hydrogens (tertiary/aromatic N) is 1. The third-order valence-electron chi connectivity index (χ3n) is 4.95. The lowest BCUT2D eigenvalue weighted by atomic mass is 9.99. The van der Waals surface area contributed by atoms with Crippen molar-refractivity contribution in [3.05, 3.63) is 64.7 Å². The number of imide groups is 1. The molecule has 0 bridgehead atoms. The number of nitrogens with one attached hydrogen (secondary N) is 2. The molecule has 5 nitrogen and oxygen atoms in total. The van der Waals surface area contributed by atoms with Gasteiger partial charge in [-0.2, -0.15) is 0 Å². The Bertz CT molecular complexity index is 832. The molecule has 1 aliphatic rings. The van der Waals surface area contributed by atoms with Gasteiger partial charge in [0.15, 0.2) is 0 Å². The predicted octanol–water partition coefficient (Wildman–Crippen LogP) is 3.40. The van der Waals surface area contributed by atoms with Gasteiger partial charge in [0.25, 0.3) is 0 Å². The van der Waals surface area contributed by atoms with Gasteiger partial charge < -0.3 is 5.32 Å². The zero-order valence-corrected chi connectivity index (χ0v) is 15.5. The van der Waals surface area contributed by atoms with Gasteiger partial charge in [-0.05, 0) is 49.9 Å². The first kappa shape index (κ1) is 18.1. The molecule has 1 unspecified atom stereocenters. The highest BCUT2D eigenvalue weighted by Gasteiger charge is 2.26. The maximum absolute atomic E-state index is 12.5. The lowest BCUT2D eigenvalue weighted by molar-refractivity contribution is -0.125. The van der Waals surface area contributed by atoms with Crippen LogP contribution in [0.15, 0.2) is 42.5 Å². The van der Waals surface area contributed by atoms with Gasteiger partial charge in [0.2, 0.25) is 5.91 Å². The first-order valence-electron chi connectivity index (χ1n) is 8.94. The smallest absolute Gasteiger partial charge is 0.307 e. The number of benzene rings is 2. The lowest BCUT2D eigenvalue weighted by Gasteiger charge is -2.32. The third-order valence-corrected chi connectivity index (χ3v) is 4.95. The number of hydrogen-bond acceptors (Lipinski definition) is 3. The second-order valence-corrected chi connectivity index (χ2v) is 6.93. The largest absolute Gasteiger partial charge is 0.325 e. The predicted molar refractivity (Wildman–Crippen MR) is 103 cm³/mol. The van der Waals surface area contributed by atoms with E-state index in [-0.39, 0.29) is 11.9 Å². The van der Waals surface area contributed by atoms with Crippen LogP contribution in [0.25, 0.3) is 0 Å². The van der Waals surface area contributed by atoms with Gasteiger partial charge in [-0.3, -0.25) is 15.0 Å². The van der Waals surface area contributed by atoms with Gasteiger partial charge in [-0.15, -0.1) is 0 Å². The van der Waals surface area contributed by atoms with E-state index in [9.17, 15) is 9.59 Å². The van der Waals surface area contributed by atoms with E-state index in [4.69, 9.17) is 0 Å². The van der Waals surface area contributed by atoms with Crippen LogP contribution < -0.4 is 10.6 Å². The minimum Gasteiger partial charge on any atom is -0.307 e. The first-order chi connectivity index (χ1) is 12.4. The molecule has 2 aromatic carbocycles. The number of rotatable bonds is 3. The summed E-state index contributed by atoms with van der Waals surface area (Å²) in [5.74, 6) is -0.286. The van der Waals surface area contributed by atoms with E-state index in [1.165, 1.54) is 11.1 Å². The molecule has 1 heterocycles. The molecule has 0 saturated carbocycles. The van der Waals surface area contributed by atoms with Crippen LogP contribution in [0.2, 0.25) is 0 Å². The fraction of sp³-hybridized carbons (Fsp3) is 0.333. The molecule has 0 fully saturated rings. The molecule has 136 valence electrons. The van der Waals surface area contributed by atoms with Crippen molar-refractivity contribution >= 4 is 17.6 Å². The van der Waals surface area contributed by atoms with Gasteiger partial charge in [-0.1, -0.05) is 42.0 Å². The van der Waals surface area contributed by atoms with Crippen molar-refractivity contribution in [2.24, 2.45) is 0 Å². The Morgan fingerprint density at radius 1 is 1.08 bits per heavy atom. The van der Waals surface area contributed by atoms with Gasteiger partial charge >= 0.3 is 6.03 Å². The second-order valence-electron chi connectivity index (χ2n) is 6.93. The van der Waals surface area contributed by atoms with Crippen molar-refractivity contribution in [2.75, 3.05) is 11.9 Å². The van der Waals surface area contributed by atoms with E-state index in [1.54, 1.807) is 0 Å². The molecule has 1 atom stereocenters. The Morgan fingerprint density at radius 2 is 1.81 bits per heavy atom. The molecule has 5 heteroatoms. The quantitative estimate of drug-likeness (QED) is 0.891. The summed E-state index contributed by atoms with van der Waals surface area (Å²) in [5.41, 5.74) is 5.39. The highest BCUT2D eigenvalue weighted by atomic mass is 16.2. The van der Waals surface area contributed by atoms with Gasteiger partial charge in [0, 0.05) is 18.8 Å². The van der Waals surface area contributed by atoms with Gasteiger partial charge in [0.1, 0.15) is 0 Å². The monoisotopic (exact) mass is 351 g/mol. The topological polar surface area (TPSA) is 61.4 Å². The highest BCUT2D eigenvalue weighted by molar-refractivity contribution is 6.03. The van der Waals surface area contributed by atoms with Crippen LogP contribution in [-0.4, -0.2) is 29.4 Å². The van der Waals surface area contributed by atoms with Crippen LogP contribution in [0.1, 0.15) is 29.2 Å². The van der Waals surface area contributed by atoms with Crippen LogP contribution >= 0.6 is 0 Å². The van der Waals surface area contributed by atoms with E-state index in [2.05, 4.69) is 27.7 Å². The number of carbonyl (C=O) groups excluding carboxylic acids is 2. The molecule has 2 N–H and O–H groups in total. The molecule has 0 spiro atoms. The van der Waals surface area contributed by atoms with Crippen molar-refractivity contribution in [2.45, 2.75) is 39.8 Å². The van der Waals surface area contributed by atoms with Crippen LogP contribution in [0.3, 0.4) is 0 Å². The summed E-state index contributed by atoms with van der Waals surface area (Å²) in [7, 11) is 0. The van der Waals surface area contributed by atoms with Crippen molar-refractivity contribution < 1.29 is 9.59 Å². The number of carbonyl (C=O) groups is 2. The molecule has 0 radical (unpaired) electrons. The fourth-order valence-corrected chi connectivity index (χ4v) is 3.34. The number of aryl methyl sites for hydroxylation is 2. The second kappa shape index (κ2) is 7.70. The molecule has 0 saturated heterocycles.